The highest BCUT2D eigenvalue weighted by molar-refractivity contribution is 5.92. The van der Waals surface area contributed by atoms with Gasteiger partial charge < -0.3 is 15.8 Å². The summed E-state index contributed by atoms with van der Waals surface area (Å²) < 4.78 is 5.60. The van der Waals surface area contributed by atoms with E-state index in [-0.39, 0.29) is 6.10 Å². The normalized spacial score (nSPS) is 10.5. The average Bonchev–Trinajstić information content (AvgIpc) is 2.49. The predicted octanol–water partition coefficient (Wildman–Crippen LogP) is 2.02. The third-order valence-corrected chi connectivity index (χ3v) is 2.93. The lowest BCUT2D eigenvalue weighted by atomic mass is 10.1. The zero-order chi connectivity index (χ0) is 15.9. The molecule has 0 spiro atoms. The van der Waals surface area contributed by atoms with Gasteiger partial charge in [-0.2, -0.15) is 0 Å². The summed E-state index contributed by atoms with van der Waals surface area (Å²) in [5.41, 5.74) is 6.82. The van der Waals surface area contributed by atoms with Gasteiger partial charge in [-0.3, -0.25) is 4.79 Å². The van der Waals surface area contributed by atoms with E-state index in [1.54, 1.807) is 24.5 Å². The highest BCUT2D eigenvalue weighted by Gasteiger charge is 2.08. The Bertz CT molecular complexity index is 644. The maximum atomic E-state index is 11.2. The lowest BCUT2D eigenvalue weighted by molar-refractivity contribution is 0.1000. The molecule has 1 amide bonds. The van der Waals surface area contributed by atoms with Crippen molar-refractivity contribution < 1.29 is 9.53 Å². The minimum atomic E-state index is -0.420. The molecule has 0 fully saturated rings. The Morgan fingerprint density at radius 2 is 2.09 bits per heavy atom. The van der Waals surface area contributed by atoms with Crippen molar-refractivity contribution in [2.24, 2.45) is 5.73 Å². The Morgan fingerprint density at radius 3 is 2.82 bits per heavy atom. The van der Waals surface area contributed by atoms with E-state index < -0.39 is 5.91 Å². The monoisotopic (exact) mass is 300 g/mol. The maximum Gasteiger partial charge on any atom is 0.257 e. The van der Waals surface area contributed by atoms with Gasteiger partial charge in [-0.15, -0.1) is 0 Å². The van der Waals surface area contributed by atoms with Gasteiger partial charge >= 0.3 is 0 Å². The number of ether oxygens (including phenoxy) is 1. The Balaban J connectivity index is 1.97. The second-order valence-electron chi connectivity index (χ2n) is 5.12. The number of aromatic nitrogens is 2. The van der Waals surface area contributed by atoms with Crippen molar-refractivity contribution in [1.29, 1.82) is 0 Å². The molecule has 0 atom stereocenters. The molecule has 0 bridgehead atoms. The summed E-state index contributed by atoms with van der Waals surface area (Å²) in [4.78, 5) is 19.6. The molecule has 0 saturated heterocycles. The van der Waals surface area contributed by atoms with E-state index in [2.05, 4.69) is 15.3 Å². The molecule has 0 unspecified atom stereocenters. The molecule has 3 N–H and O–H groups in total. The number of benzene rings is 1. The van der Waals surface area contributed by atoms with Gasteiger partial charge in [0.15, 0.2) is 5.82 Å². The first-order valence-corrected chi connectivity index (χ1v) is 7.16. The number of anilines is 1. The van der Waals surface area contributed by atoms with Crippen LogP contribution in [0.15, 0.2) is 36.7 Å². The summed E-state index contributed by atoms with van der Waals surface area (Å²) in [5, 5.41) is 3.20. The van der Waals surface area contributed by atoms with Gasteiger partial charge in [0.1, 0.15) is 0 Å². The van der Waals surface area contributed by atoms with Crippen LogP contribution in [-0.4, -0.2) is 28.5 Å². The lowest BCUT2D eigenvalue weighted by Crippen LogP contribution is -2.13. The topological polar surface area (TPSA) is 90.1 Å². The number of nitrogens with one attached hydrogen (secondary N) is 1. The van der Waals surface area contributed by atoms with Crippen molar-refractivity contribution >= 4 is 11.7 Å². The number of nitrogens with zero attached hydrogens (tertiary/aromatic N) is 2. The highest BCUT2D eigenvalue weighted by atomic mass is 16.5. The molecule has 2 aromatic rings. The third kappa shape index (κ3) is 4.44. The van der Waals surface area contributed by atoms with Crippen LogP contribution in [0.25, 0.3) is 0 Å². The minimum Gasteiger partial charge on any atom is -0.472 e. The van der Waals surface area contributed by atoms with Crippen LogP contribution in [0.5, 0.6) is 5.88 Å². The molecule has 0 radical (unpaired) electrons. The number of carbonyl (C=O) groups is 1. The molecule has 0 saturated carbocycles. The molecule has 1 aromatic carbocycles. The van der Waals surface area contributed by atoms with Crippen LogP contribution in [0.2, 0.25) is 0 Å². The van der Waals surface area contributed by atoms with Crippen molar-refractivity contribution in [1.82, 2.24) is 9.97 Å². The van der Waals surface area contributed by atoms with Gasteiger partial charge in [-0.1, -0.05) is 12.1 Å². The van der Waals surface area contributed by atoms with E-state index in [0.717, 1.165) is 12.0 Å². The van der Waals surface area contributed by atoms with Gasteiger partial charge in [-0.05, 0) is 38.0 Å². The summed E-state index contributed by atoms with van der Waals surface area (Å²) in [6.45, 7) is 4.52. The number of hydrogen-bond donors (Lipinski definition) is 2. The molecule has 2 rings (SSSR count). The Hall–Kier alpha value is -2.63. The molecular formula is C16H20N4O2. The van der Waals surface area contributed by atoms with Gasteiger partial charge in [0.05, 0.1) is 6.10 Å². The van der Waals surface area contributed by atoms with Crippen LogP contribution >= 0.6 is 0 Å². The first kappa shape index (κ1) is 15.8. The van der Waals surface area contributed by atoms with Crippen molar-refractivity contribution in [3.63, 3.8) is 0 Å². The van der Waals surface area contributed by atoms with Crippen LogP contribution < -0.4 is 15.8 Å². The van der Waals surface area contributed by atoms with Gasteiger partial charge in [-0.25, -0.2) is 9.97 Å². The highest BCUT2D eigenvalue weighted by Crippen LogP contribution is 2.18. The zero-order valence-corrected chi connectivity index (χ0v) is 12.7. The molecular weight excluding hydrogens is 280 g/mol. The number of carbonyl (C=O) groups excluding carboxylic acids is 1. The Morgan fingerprint density at radius 1 is 1.32 bits per heavy atom. The van der Waals surface area contributed by atoms with Crippen LogP contribution in [0.1, 0.15) is 29.8 Å². The third-order valence-electron chi connectivity index (χ3n) is 2.93. The number of nitrogens with two attached hydrogens (primary N) is 1. The summed E-state index contributed by atoms with van der Waals surface area (Å²) in [6.07, 6.45) is 3.98. The Labute approximate surface area is 129 Å². The Kier molecular flexibility index (Phi) is 5.30. The molecule has 0 aliphatic heterocycles. The maximum absolute atomic E-state index is 11.2. The van der Waals surface area contributed by atoms with Crippen molar-refractivity contribution in [2.45, 2.75) is 26.4 Å². The molecule has 116 valence electrons. The van der Waals surface area contributed by atoms with E-state index in [4.69, 9.17) is 10.5 Å². The van der Waals surface area contributed by atoms with E-state index in [1.807, 2.05) is 26.0 Å². The second-order valence-corrected chi connectivity index (χ2v) is 5.12. The number of primary amides is 1. The SMILES string of the molecule is CC(C)Oc1nccnc1NCCc1cccc(C(N)=O)c1. The van der Waals surface area contributed by atoms with Gasteiger partial charge in [0.2, 0.25) is 5.91 Å². The molecule has 6 nitrogen and oxygen atoms in total. The van der Waals surface area contributed by atoms with Crippen molar-refractivity contribution in [2.75, 3.05) is 11.9 Å². The van der Waals surface area contributed by atoms with Crippen LogP contribution in [0, 0.1) is 0 Å². The minimum absolute atomic E-state index is 0.0319. The van der Waals surface area contributed by atoms with E-state index in [9.17, 15) is 4.79 Å². The lowest BCUT2D eigenvalue weighted by Gasteiger charge is -2.13. The van der Waals surface area contributed by atoms with Gasteiger partial charge in [0.25, 0.3) is 5.88 Å². The van der Waals surface area contributed by atoms with Crippen LogP contribution in [0.3, 0.4) is 0 Å². The molecule has 6 heteroatoms. The summed E-state index contributed by atoms with van der Waals surface area (Å²) in [6, 6.07) is 7.28. The zero-order valence-electron chi connectivity index (χ0n) is 12.7. The number of hydrogen-bond acceptors (Lipinski definition) is 5. The predicted molar refractivity (Wildman–Crippen MR) is 84.9 cm³/mol. The van der Waals surface area contributed by atoms with Crippen LogP contribution in [0.4, 0.5) is 5.82 Å². The first-order valence-electron chi connectivity index (χ1n) is 7.16. The van der Waals surface area contributed by atoms with Crippen LogP contribution in [-0.2, 0) is 6.42 Å². The largest absolute Gasteiger partial charge is 0.472 e. The van der Waals surface area contributed by atoms with Gasteiger partial charge in [0, 0.05) is 24.5 Å². The fraction of sp³-hybridized carbons (Fsp3) is 0.312. The smallest absolute Gasteiger partial charge is 0.257 e. The van der Waals surface area contributed by atoms with Crippen molar-refractivity contribution in [3.05, 3.63) is 47.8 Å². The summed E-state index contributed by atoms with van der Waals surface area (Å²) >= 11 is 0. The molecule has 0 aliphatic carbocycles. The fourth-order valence-corrected chi connectivity index (χ4v) is 1.96. The van der Waals surface area contributed by atoms with E-state index in [1.165, 1.54) is 0 Å². The number of amides is 1. The van der Waals surface area contributed by atoms with E-state index in [0.29, 0.717) is 23.8 Å². The average molecular weight is 300 g/mol. The fourth-order valence-electron chi connectivity index (χ4n) is 1.96. The standard InChI is InChI=1S/C16H20N4O2/c1-11(2)22-16-15(19-8-9-20-16)18-7-6-12-4-3-5-13(10-12)14(17)21/h3-5,8-11H,6-7H2,1-2H3,(H2,17,21)(H,18,19). The molecule has 1 heterocycles. The summed E-state index contributed by atoms with van der Waals surface area (Å²) in [5.74, 6) is 0.682. The quantitative estimate of drug-likeness (QED) is 0.816. The summed E-state index contributed by atoms with van der Waals surface area (Å²) in [7, 11) is 0. The molecule has 22 heavy (non-hydrogen) atoms. The molecule has 0 aliphatic rings. The second kappa shape index (κ2) is 7.40. The van der Waals surface area contributed by atoms with E-state index >= 15 is 0 Å². The molecule has 1 aromatic heterocycles. The number of rotatable bonds is 7. The first-order chi connectivity index (χ1) is 10.6. The van der Waals surface area contributed by atoms with Crippen molar-refractivity contribution in [3.8, 4) is 5.88 Å².